The lowest BCUT2D eigenvalue weighted by Crippen LogP contribution is -2.32. The molecule has 90 valence electrons. The summed E-state index contributed by atoms with van der Waals surface area (Å²) in [5.41, 5.74) is 0.630. The fourth-order valence-corrected chi connectivity index (χ4v) is 2.56. The highest BCUT2D eigenvalue weighted by Gasteiger charge is 2.35. The molecule has 1 saturated carbocycles. The number of carbonyl (C=O) groups is 2. The van der Waals surface area contributed by atoms with E-state index in [1.165, 1.54) is 0 Å². The molecule has 0 unspecified atom stereocenters. The van der Waals surface area contributed by atoms with Gasteiger partial charge in [-0.2, -0.15) is 0 Å². The van der Waals surface area contributed by atoms with E-state index < -0.39 is 11.9 Å². The van der Waals surface area contributed by atoms with Gasteiger partial charge in [0.2, 0.25) is 0 Å². The van der Waals surface area contributed by atoms with Crippen molar-refractivity contribution in [2.45, 2.75) is 25.7 Å². The highest BCUT2D eigenvalue weighted by atomic mass is 16.4. The van der Waals surface area contributed by atoms with E-state index in [0.29, 0.717) is 18.4 Å². The zero-order chi connectivity index (χ0) is 12.3. The van der Waals surface area contributed by atoms with Crippen LogP contribution in [0.5, 0.6) is 0 Å². The Morgan fingerprint density at radius 2 is 1.59 bits per heavy atom. The van der Waals surface area contributed by atoms with Crippen LogP contribution in [0, 0.1) is 11.8 Å². The number of hydrogen-bond donors (Lipinski definition) is 1. The summed E-state index contributed by atoms with van der Waals surface area (Å²) in [6.07, 6.45) is 3.19. The SMILES string of the molecule is O=C(c1ccccc1)[C@H]1CCCC[C@H]1C(=O)O. The number of carboxylic acids is 1. The van der Waals surface area contributed by atoms with Gasteiger partial charge in [0.05, 0.1) is 5.92 Å². The maximum absolute atomic E-state index is 12.3. The molecule has 1 aromatic rings. The Labute approximate surface area is 100 Å². The van der Waals surface area contributed by atoms with E-state index in [0.717, 1.165) is 12.8 Å². The Morgan fingerprint density at radius 3 is 2.18 bits per heavy atom. The Hall–Kier alpha value is -1.64. The summed E-state index contributed by atoms with van der Waals surface area (Å²) >= 11 is 0. The van der Waals surface area contributed by atoms with Gasteiger partial charge in [0.1, 0.15) is 0 Å². The van der Waals surface area contributed by atoms with Gasteiger partial charge in [-0.05, 0) is 12.8 Å². The molecule has 3 nitrogen and oxygen atoms in total. The maximum atomic E-state index is 12.3. The molecule has 1 aromatic carbocycles. The number of hydrogen-bond acceptors (Lipinski definition) is 2. The molecule has 3 heteroatoms. The monoisotopic (exact) mass is 232 g/mol. The van der Waals surface area contributed by atoms with Crippen molar-refractivity contribution in [1.82, 2.24) is 0 Å². The lowest BCUT2D eigenvalue weighted by Gasteiger charge is -2.27. The Kier molecular flexibility index (Phi) is 3.57. The van der Waals surface area contributed by atoms with Gasteiger partial charge in [0.15, 0.2) is 5.78 Å². The number of carbonyl (C=O) groups excluding carboxylic acids is 1. The van der Waals surface area contributed by atoms with Crippen LogP contribution < -0.4 is 0 Å². The second kappa shape index (κ2) is 5.13. The van der Waals surface area contributed by atoms with Gasteiger partial charge in [-0.25, -0.2) is 0 Å². The normalized spacial score (nSPS) is 24.2. The molecule has 0 heterocycles. The molecule has 0 radical (unpaired) electrons. The molecule has 1 aliphatic carbocycles. The fourth-order valence-electron chi connectivity index (χ4n) is 2.56. The van der Waals surface area contributed by atoms with Crippen LogP contribution in [-0.4, -0.2) is 16.9 Å². The predicted octanol–water partition coefficient (Wildman–Crippen LogP) is 2.76. The molecule has 1 fully saturated rings. The first-order chi connectivity index (χ1) is 8.20. The van der Waals surface area contributed by atoms with E-state index in [1.807, 2.05) is 18.2 Å². The van der Waals surface area contributed by atoms with Crippen molar-refractivity contribution in [3.63, 3.8) is 0 Å². The van der Waals surface area contributed by atoms with E-state index in [4.69, 9.17) is 5.11 Å². The molecular formula is C14H16O3. The number of rotatable bonds is 3. The van der Waals surface area contributed by atoms with Crippen LogP contribution in [0.25, 0.3) is 0 Å². The van der Waals surface area contributed by atoms with Crippen LogP contribution in [0.15, 0.2) is 30.3 Å². The standard InChI is InChI=1S/C14H16O3/c15-13(10-6-2-1-3-7-10)11-8-4-5-9-12(11)14(16)17/h1-3,6-7,11-12H,4-5,8-9H2,(H,16,17)/t11-,12+/m0/s1. The van der Waals surface area contributed by atoms with Crippen LogP contribution in [-0.2, 0) is 4.79 Å². The summed E-state index contributed by atoms with van der Waals surface area (Å²) < 4.78 is 0. The van der Waals surface area contributed by atoms with Crippen molar-refractivity contribution in [2.75, 3.05) is 0 Å². The number of aliphatic carboxylic acids is 1. The molecule has 2 atom stereocenters. The minimum Gasteiger partial charge on any atom is -0.481 e. The van der Waals surface area contributed by atoms with Crippen molar-refractivity contribution in [3.8, 4) is 0 Å². The van der Waals surface area contributed by atoms with Crippen LogP contribution in [0.4, 0.5) is 0 Å². The van der Waals surface area contributed by atoms with E-state index in [-0.39, 0.29) is 11.7 Å². The molecular weight excluding hydrogens is 216 g/mol. The Balaban J connectivity index is 2.20. The lowest BCUT2D eigenvalue weighted by atomic mass is 9.75. The zero-order valence-electron chi connectivity index (χ0n) is 9.63. The molecule has 2 rings (SSSR count). The smallest absolute Gasteiger partial charge is 0.307 e. The highest BCUT2D eigenvalue weighted by Crippen LogP contribution is 2.32. The van der Waals surface area contributed by atoms with Gasteiger partial charge < -0.3 is 5.11 Å². The Bertz CT molecular complexity index is 411. The van der Waals surface area contributed by atoms with Crippen molar-refractivity contribution < 1.29 is 14.7 Å². The molecule has 0 spiro atoms. The first-order valence-corrected chi connectivity index (χ1v) is 6.02. The molecule has 0 aromatic heterocycles. The van der Waals surface area contributed by atoms with Gasteiger partial charge >= 0.3 is 5.97 Å². The minimum absolute atomic E-state index is 0.0160. The Morgan fingerprint density at radius 1 is 1.00 bits per heavy atom. The molecule has 0 aliphatic heterocycles. The van der Waals surface area contributed by atoms with E-state index >= 15 is 0 Å². The minimum atomic E-state index is -0.834. The molecule has 0 saturated heterocycles. The average molecular weight is 232 g/mol. The van der Waals surface area contributed by atoms with Crippen molar-refractivity contribution in [1.29, 1.82) is 0 Å². The van der Waals surface area contributed by atoms with Crippen molar-refractivity contribution in [2.24, 2.45) is 11.8 Å². The number of ketones is 1. The van der Waals surface area contributed by atoms with E-state index in [9.17, 15) is 9.59 Å². The van der Waals surface area contributed by atoms with Crippen LogP contribution in [0.1, 0.15) is 36.0 Å². The molecule has 0 amide bonds. The van der Waals surface area contributed by atoms with Gasteiger partial charge in [0.25, 0.3) is 0 Å². The first-order valence-electron chi connectivity index (χ1n) is 6.02. The van der Waals surface area contributed by atoms with Crippen LogP contribution in [0.3, 0.4) is 0 Å². The largest absolute Gasteiger partial charge is 0.481 e. The molecule has 1 aliphatic rings. The third-order valence-corrected chi connectivity index (χ3v) is 3.48. The maximum Gasteiger partial charge on any atom is 0.307 e. The van der Waals surface area contributed by atoms with Crippen molar-refractivity contribution in [3.05, 3.63) is 35.9 Å². The topological polar surface area (TPSA) is 54.4 Å². The van der Waals surface area contributed by atoms with Crippen LogP contribution in [0.2, 0.25) is 0 Å². The second-order valence-electron chi connectivity index (χ2n) is 4.57. The van der Waals surface area contributed by atoms with Gasteiger partial charge in [-0.15, -0.1) is 0 Å². The lowest BCUT2D eigenvalue weighted by molar-refractivity contribution is -0.144. The van der Waals surface area contributed by atoms with Gasteiger partial charge in [-0.1, -0.05) is 43.2 Å². The summed E-state index contributed by atoms with van der Waals surface area (Å²) in [5.74, 6) is -1.70. The summed E-state index contributed by atoms with van der Waals surface area (Å²) in [5, 5.41) is 9.15. The summed E-state index contributed by atoms with van der Waals surface area (Å²) in [6, 6.07) is 9.00. The molecule has 0 bridgehead atoms. The fraction of sp³-hybridized carbons (Fsp3) is 0.429. The predicted molar refractivity (Wildman–Crippen MR) is 63.9 cm³/mol. The quantitative estimate of drug-likeness (QED) is 0.815. The number of carboxylic acid groups (broad SMARTS) is 1. The summed E-state index contributed by atoms with van der Waals surface area (Å²) in [7, 11) is 0. The van der Waals surface area contributed by atoms with Crippen molar-refractivity contribution >= 4 is 11.8 Å². The zero-order valence-corrected chi connectivity index (χ0v) is 9.63. The van der Waals surface area contributed by atoms with E-state index in [1.54, 1.807) is 12.1 Å². The second-order valence-corrected chi connectivity index (χ2v) is 4.57. The van der Waals surface area contributed by atoms with Crippen LogP contribution >= 0.6 is 0 Å². The average Bonchev–Trinajstić information content (AvgIpc) is 2.39. The first kappa shape index (κ1) is 11.8. The number of Topliss-reactive ketones (excluding diaryl/α,β-unsaturated/α-hetero) is 1. The summed E-state index contributed by atoms with van der Waals surface area (Å²) in [6.45, 7) is 0. The third kappa shape index (κ3) is 2.54. The number of benzene rings is 1. The third-order valence-electron chi connectivity index (χ3n) is 3.48. The summed E-state index contributed by atoms with van der Waals surface area (Å²) in [4.78, 5) is 23.4. The molecule has 17 heavy (non-hydrogen) atoms. The van der Waals surface area contributed by atoms with Gasteiger partial charge in [-0.3, -0.25) is 9.59 Å². The highest BCUT2D eigenvalue weighted by molar-refractivity contribution is 5.99. The van der Waals surface area contributed by atoms with Gasteiger partial charge in [0, 0.05) is 11.5 Å². The van der Waals surface area contributed by atoms with E-state index in [2.05, 4.69) is 0 Å². The molecule has 1 N–H and O–H groups in total.